The van der Waals surface area contributed by atoms with E-state index in [9.17, 15) is 4.79 Å². The monoisotopic (exact) mass is 173 g/mol. The number of carbonyl (C=O) groups is 1. The Morgan fingerprint density at radius 1 is 1.64 bits per heavy atom. The Hall–Kier alpha value is -0.830. The van der Waals surface area contributed by atoms with Gasteiger partial charge >= 0.3 is 0 Å². The van der Waals surface area contributed by atoms with Gasteiger partial charge in [-0.1, -0.05) is 0 Å². The fourth-order valence-corrected chi connectivity index (χ4v) is 0.763. The van der Waals surface area contributed by atoms with Crippen LogP contribution in [-0.2, 0) is 0 Å². The Morgan fingerprint density at radius 2 is 2.27 bits per heavy atom. The SMILES string of the molecule is Cc1nc(C(=O)CCl)oc1C. The van der Waals surface area contributed by atoms with Crippen molar-refractivity contribution in [2.24, 2.45) is 0 Å². The van der Waals surface area contributed by atoms with Crippen molar-refractivity contribution >= 4 is 17.4 Å². The Morgan fingerprint density at radius 3 is 2.64 bits per heavy atom. The van der Waals surface area contributed by atoms with Crippen LogP contribution < -0.4 is 0 Å². The van der Waals surface area contributed by atoms with Gasteiger partial charge in [0.1, 0.15) is 5.76 Å². The number of hydrogen-bond donors (Lipinski definition) is 0. The van der Waals surface area contributed by atoms with E-state index in [1.54, 1.807) is 13.8 Å². The molecule has 1 aromatic rings. The van der Waals surface area contributed by atoms with Gasteiger partial charge in [0.05, 0.1) is 11.6 Å². The zero-order valence-corrected chi connectivity index (χ0v) is 7.10. The molecule has 3 nitrogen and oxygen atoms in total. The molecule has 4 heteroatoms. The first-order valence-corrected chi connectivity index (χ1v) is 3.71. The van der Waals surface area contributed by atoms with E-state index < -0.39 is 0 Å². The van der Waals surface area contributed by atoms with Gasteiger partial charge in [-0.25, -0.2) is 4.98 Å². The van der Waals surface area contributed by atoms with Crippen LogP contribution in [0, 0.1) is 13.8 Å². The number of rotatable bonds is 2. The van der Waals surface area contributed by atoms with E-state index in [4.69, 9.17) is 16.0 Å². The lowest BCUT2D eigenvalue weighted by Gasteiger charge is -1.84. The first kappa shape index (κ1) is 8.27. The number of carbonyl (C=O) groups excluding carboxylic acids is 1. The molecule has 11 heavy (non-hydrogen) atoms. The number of halogens is 1. The molecular formula is C7H8ClNO2. The fraction of sp³-hybridized carbons (Fsp3) is 0.429. The van der Waals surface area contributed by atoms with Crippen LogP contribution in [0.15, 0.2) is 4.42 Å². The number of Topliss-reactive ketones (excluding diaryl/α,β-unsaturated/α-hetero) is 1. The fourth-order valence-electron chi connectivity index (χ4n) is 0.649. The van der Waals surface area contributed by atoms with E-state index in [-0.39, 0.29) is 17.6 Å². The second kappa shape index (κ2) is 3.05. The molecule has 0 bridgehead atoms. The van der Waals surface area contributed by atoms with Gasteiger partial charge in [0.25, 0.3) is 5.89 Å². The maximum Gasteiger partial charge on any atom is 0.264 e. The number of nitrogens with zero attached hydrogens (tertiary/aromatic N) is 1. The van der Waals surface area contributed by atoms with Crippen LogP contribution in [0.2, 0.25) is 0 Å². The summed E-state index contributed by atoms with van der Waals surface area (Å²) in [7, 11) is 0. The van der Waals surface area contributed by atoms with Crippen LogP contribution in [-0.4, -0.2) is 16.6 Å². The van der Waals surface area contributed by atoms with Crippen LogP contribution in [0.3, 0.4) is 0 Å². The van der Waals surface area contributed by atoms with E-state index in [0.29, 0.717) is 5.76 Å². The molecule has 0 saturated heterocycles. The zero-order chi connectivity index (χ0) is 8.43. The molecule has 1 heterocycles. The number of oxazole rings is 1. The molecule has 0 fully saturated rings. The summed E-state index contributed by atoms with van der Waals surface area (Å²) >= 11 is 5.30. The van der Waals surface area contributed by atoms with Crippen molar-refractivity contribution in [2.75, 3.05) is 5.88 Å². The van der Waals surface area contributed by atoms with Gasteiger partial charge in [-0.2, -0.15) is 0 Å². The second-order valence-electron chi connectivity index (χ2n) is 2.22. The third kappa shape index (κ3) is 1.60. The minimum Gasteiger partial charge on any atom is -0.439 e. The number of aromatic nitrogens is 1. The molecule has 0 radical (unpaired) electrons. The predicted octanol–water partition coefficient (Wildman–Crippen LogP) is 1.71. The van der Waals surface area contributed by atoms with Crippen molar-refractivity contribution in [3.8, 4) is 0 Å². The predicted molar refractivity (Wildman–Crippen MR) is 41.0 cm³/mol. The number of aryl methyl sites for hydroxylation is 2. The normalized spacial score (nSPS) is 10.1. The highest BCUT2D eigenvalue weighted by Crippen LogP contribution is 2.08. The van der Waals surface area contributed by atoms with E-state index >= 15 is 0 Å². The zero-order valence-electron chi connectivity index (χ0n) is 6.35. The molecule has 0 unspecified atom stereocenters. The molecule has 0 spiro atoms. The maximum absolute atomic E-state index is 10.9. The number of hydrogen-bond acceptors (Lipinski definition) is 3. The van der Waals surface area contributed by atoms with Crippen LogP contribution in [0.4, 0.5) is 0 Å². The van der Waals surface area contributed by atoms with Gasteiger partial charge in [0, 0.05) is 0 Å². The van der Waals surface area contributed by atoms with Crippen LogP contribution in [0.1, 0.15) is 22.1 Å². The maximum atomic E-state index is 10.9. The molecule has 0 aromatic carbocycles. The lowest BCUT2D eigenvalue weighted by Crippen LogP contribution is -1.99. The third-order valence-corrected chi connectivity index (χ3v) is 1.63. The topological polar surface area (TPSA) is 43.1 Å². The Kier molecular flexibility index (Phi) is 2.29. The summed E-state index contributed by atoms with van der Waals surface area (Å²) in [6.45, 7) is 3.54. The van der Waals surface area contributed by atoms with Crippen LogP contribution >= 0.6 is 11.6 Å². The molecule has 0 aliphatic carbocycles. The van der Waals surface area contributed by atoms with Crippen LogP contribution in [0.25, 0.3) is 0 Å². The minimum absolute atomic E-state index is 0.0839. The quantitative estimate of drug-likeness (QED) is 0.505. The highest BCUT2D eigenvalue weighted by molar-refractivity contribution is 6.29. The molecular weight excluding hydrogens is 166 g/mol. The van der Waals surface area contributed by atoms with Gasteiger partial charge in [-0.05, 0) is 13.8 Å². The first-order chi connectivity index (χ1) is 5.15. The van der Waals surface area contributed by atoms with Gasteiger partial charge in [-0.3, -0.25) is 4.79 Å². The molecule has 0 aliphatic rings. The molecule has 0 atom stereocenters. The minimum atomic E-state index is -0.275. The van der Waals surface area contributed by atoms with E-state index in [1.807, 2.05) is 0 Å². The smallest absolute Gasteiger partial charge is 0.264 e. The lowest BCUT2D eigenvalue weighted by molar-refractivity contribution is 0.0983. The van der Waals surface area contributed by atoms with Gasteiger partial charge in [0.2, 0.25) is 5.78 Å². The van der Waals surface area contributed by atoms with Gasteiger partial charge < -0.3 is 4.42 Å². The first-order valence-electron chi connectivity index (χ1n) is 3.18. The van der Waals surface area contributed by atoms with E-state index in [2.05, 4.69) is 4.98 Å². The highest BCUT2D eigenvalue weighted by atomic mass is 35.5. The molecule has 0 aliphatic heterocycles. The third-order valence-electron chi connectivity index (χ3n) is 1.39. The summed E-state index contributed by atoms with van der Waals surface area (Å²) in [5.74, 6) is 0.413. The molecule has 0 amide bonds. The summed E-state index contributed by atoms with van der Waals surface area (Å²) in [6.07, 6.45) is 0. The lowest BCUT2D eigenvalue weighted by atomic mass is 10.4. The van der Waals surface area contributed by atoms with Crippen molar-refractivity contribution in [1.29, 1.82) is 0 Å². The van der Waals surface area contributed by atoms with E-state index in [0.717, 1.165) is 5.69 Å². The van der Waals surface area contributed by atoms with Crippen LogP contribution in [0.5, 0.6) is 0 Å². The van der Waals surface area contributed by atoms with Crippen molar-refractivity contribution < 1.29 is 9.21 Å². The largest absolute Gasteiger partial charge is 0.439 e. The van der Waals surface area contributed by atoms with Crippen molar-refractivity contribution in [3.05, 3.63) is 17.3 Å². The Balaban J connectivity index is 2.97. The Bertz CT molecular complexity index is 260. The summed E-state index contributed by atoms with van der Waals surface area (Å²) in [6, 6.07) is 0. The van der Waals surface area contributed by atoms with Crippen molar-refractivity contribution in [2.45, 2.75) is 13.8 Å². The van der Waals surface area contributed by atoms with Gasteiger partial charge in [0.15, 0.2) is 0 Å². The number of ketones is 1. The average Bonchev–Trinajstić information content (AvgIpc) is 2.31. The molecule has 60 valence electrons. The summed E-state index contributed by atoms with van der Waals surface area (Å²) in [5.41, 5.74) is 0.735. The summed E-state index contributed by atoms with van der Waals surface area (Å²) < 4.78 is 5.02. The Labute approximate surface area is 69.4 Å². The summed E-state index contributed by atoms with van der Waals surface area (Å²) in [5, 5.41) is 0. The number of alkyl halides is 1. The molecule has 0 saturated carbocycles. The average molecular weight is 174 g/mol. The van der Waals surface area contributed by atoms with E-state index in [1.165, 1.54) is 0 Å². The second-order valence-corrected chi connectivity index (χ2v) is 2.48. The molecule has 1 aromatic heterocycles. The summed E-state index contributed by atoms with van der Waals surface area (Å²) in [4.78, 5) is 14.8. The van der Waals surface area contributed by atoms with Gasteiger partial charge in [-0.15, -0.1) is 11.6 Å². The molecule has 1 rings (SSSR count). The van der Waals surface area contributed by atoms with Crippen molar-refractivity contribution in [1.82, 2.24) is 4.98 Å². The highest BCUT2D eigenvalue weighted by Gasteiger charge is 2.12. The molecule has 0 N–H and O–H groups in total. The standard InChI is InChI=1S/C7H8ClNO2/c1-4-5(2)11-7(9-4)6(10)3-8/h3H2,1-2H3. The van der Waals surface area contributed by atoms with Crippen molar-refractivity contribution in [3.63, 3.8) is 0 Å².